The van der Waals surface area contributed by atoms with Crippen LogP contribution in [0.5, 0.6) is 0 Å². The summed E-state index contributed by atoms with van der Waals surface area (Å²) in [4.78, 5) is 24.5. The number of nitrogens with zero attached hydrogens (tertiary/aromatic N) is 2. The second-order valence-electron chi connectivity index (χ2n) is 5.51. The molecule has 1 aromatic carbocycles. The Morgan fingerprint density at radius 3 is 2.64 bits per heavy atom. The number of hydrogen-bond acceptors (Lipinski definition) is 5. The van der Waals surface area contributed by atoms with Gasteiger partial charge in [0.25, 0.3) is 5.69 Å². The molecule has 7 nitrogen and oxygen atoms in total. The Morgan fingerprint density at radius 2 is 2.00 bits per heavy atom. The van der Waals surface area contributed by atoms with Crippen molar-refractivity contribution in [1.29, 1.82) is 0 Å². The van der Waals surface area contributed by atoms with E-state index >= 15 is 0 Å². The number of morpholine rings is 1. The SMILES string of the molecule is C[C@@H]1CN(C(=O)CCNc2ccccc2[N+](=O)[O-])C[C@H](C)O1. The lowest BCUT2D eigenvalue weighted by Gasteiger charge is -2.35. The van der Waals surface area contributed by atoms with Crippen LogP contribution in [0.3, 0.4) is 0 Å². The number of para-hydroxylation sites is 2. The molecule has 0 aromatic heterocycles. The van der Waals surface area contributed by atoms with Crippen LogP contribution in [0.15, 0.2) is 24.3 Å². The smallest absolute Gasteiger partial charge is 0.292 e. The zero-order chi connectivity index (χ0) is 16.1. The fraction of sp³-hybridized carbons (Fsp3) is 0.533. The van der Waals surface area contributed by atoms with Gasteiger partial charge < -0.3 is 15.0 Å². The molecule has 120 valence electrons. The molecular weight excluding hydrogens is 286 g/mol. The molecule has 0 radical (unpaired) electrons. The third kappa shape index (κ3) is 4.17. The summed E-state index contributed by atoms with van der Waals surface area (Å²) in [5, 5.41) is 13.9. The monoisotopic (exact) mass is 307 g/mol. The molecule has 1 N–H and O–H groups in total. The van der Waals surface area contributed by atoms with Gasteiger partial charge in [0, 0.05) is 32.1 Å². The number of hydrogen-bond donors (Lipinski definition) is 1. The van der Waals surface area contributed by atoms with Gasteiger partial charge in [-0.25, -0.2) is 0 Å². The summed E-state index contributed by atoms with van der Waals surface area (Å²) < 4.78 is 5.60. The number of ether oxygens (including phenoxy) is 1. The van der Waals surface area contributed by atoms with Crippen LogP contribution in [0, 0.1) is 10.1 Å². The second kappa shape index (κ2) is 7.22. The van der Waals surface area contributed by atoms with E-state index in [0.29, 0.717) is 31.7 Å². The van der Waals surface area contributed by atoms with Gasteiger partial charge in [0.1, 0.15) is 5.69 Å². The number of nitro benzene ring substituents is 1. The van der Waals surface area contributed by atoms with Gasteiger partial charge in [-0.3, -0.25) is 14.9 Å². The predicted octanol–water partition coefficient (Wildman–Crippen LogP) is 2.03. The Hall–Kier alpha value is -2.15. The molecule has 0 spiro atoms. The number of benzene rings is 1. The quantitative estimate of drug-likeness (QED) is 0.664. The molecule has 1 aliphatic heterocycles. The van der Waals surface area contributed by atoms with E-state index < -0.39 is 4.92 Å². The summed E-state index contributed by atoms with van der Waals surface area (Å²) in [7, 11) is 0. The average molecular weight is 307 g/mol. The first-order valence-corrected chi connectivity index (χ1v) is 7.38. The van der Waals surface area contributed by atoms with Crippen molar-refractivity contribution in [3.05, 3.63) is 34.4 Å². The maximum absolute atomic E-state index is 12.2. The number of carbonyl (C=O) groups is 1. The van der Waals surface area contributed by atoms with Crippen LogP contribution in [0.25, 0.3) is 0 Å². The molecule has 1 saturated heterocycles. The van der Waals surface area contributed by atoms with E-state index in [4.69, 9.17) is 4.74 Å². The molecule has 0 bridgehead atoms. The highest BCUT2D eigenvalue weighted by atomic mass is 16.6. The molecule has 0 aliphatic carbocycles. The molecule has 2 atom stereocenters. The van der Waals surface area contributed by atoms with E-state index in [1.165, 1.54) is 6.07 Å². The Morgan fingerprint density at radius 1 is 1.36 bits per heavy atom. The van der Waals surface area contributed by atoms with Gasteiger partial charge in [0.2, 0.25) is 5.91 Å². The average Bonchev–Trinajstić information content (AvgIpc) is 2.46. The van der Waals surface area contributed by atoms with E-state index in [0.717, 1.165) is 0 Å². The Kier molecular flexibility index (Phi) is 5.32. The number of nitrogens with one attached hydrogen (secondary N) is 1. The summed E-state index contributed by atoms with van der Waals surface area (Å²) in [5.74, 6) is 0.0353. The van der Waals surface area contributed by atoms with Crippen LogP contribution in [-0.2, 0) is 9.53 Å². The van der Waals surface area contributed by atoms with Crippen molar-refractivity contribution >= 4 is 17.3 Å². The predicted molar refractivity (Wildman–Crippen MR) is 82.8 cm³/mol. The number of anilines is 1. The minimum Gasteiger partial charge on any atom is -0.379 e. The topological polar surface area (TPSA) is 84.7 Å². The fourth-order valence-corrected chi connectivity index (χ4v) is 2.63. The molecule has 1 aromatic rings. The molecule has 7 heteroatoms. The summed E-state index contributed by atoms with van der Waals surface area (Å²) in [6.45, 7) is 5.44. The first-order chi connectivity index (χ1) is 10.5. The van der Waals surface area contributed by atoms with Crippen LogP contribution >= 0.6 is 0 Å². The van der Waals surface area contributed by atoms with Gasteiger partial charge in [-0.2, -0.15) is 0 Å². The first kappa shape index (κ1) is 16.2. The first-order valence-electron chi connectivity index (χ1n) is 7.38. The normalized spacial score (nSPS) is 21.5. The van der Waals surface area contributed by atoms with E-state index in [1.807, 2.05) is 13.8 Å². The van der Waals surface area contributed by atoms with Crippen LogP contribution in [-0.4, -0.2) is 47.6 Å². The van der Waals surface area contributed by atoms with E-state index in [1.54, 1.807) is 23.1 Å². The van der Waals surface area contributed by atoms with Crippen LogP contribution in [0.2, 0.25) is 0 Å². The van der Waals surface area contributed by atoms with Crippen LogP contribution in [0.4, 0.5) is 11.4 Å². The molecule has 0 saturated carbocycles. The molecular formula is C15H21N3O4. The highest BCUT2D eigenvalue weighted by molar-refractivity contribution is 5.77. The van der Waals surface area contributed by atoms with Crippen molar-refractivity contribution in [3.8, 4) is 0 Å². The van der Waals surface area contributed by atoms with Gasteiger partial charge in [0.05, 0.1) is 17.1 Å². The van der Waals surface area contributed by atoms with Crippen LogP contribution < -0.4 is 5.32 Å². The minimum atomic E-state index is -0.435. The van der Waals surface area contributed by atoms with Crippen LogP contribution in [0.1, 0.15) is 20.3 Å². The Labute approximate surface area is 129 Å². The lowest BCUT2D eigenvalue weighted by atomic mass is 10.2. The number of amides is 1. The number of rotatable bonds is 5. The Bertz CT molecular complexity index is 539. The van der Waals surface area contributed by atoms with Gasteiger partial charge in [-0.05, 0) is 19.9 Å². The molecule has 0 unspecified atom stereocenters. The third-order valence-electron chi connectivity index (χ3n) is 3.53. The van der Waals surface area contributed by atoms with Crippen molar-refractivity contribution in [1.82, 2.24) is 4.90 Å². The zero-order valence-corrected chi connectivity index (χ0v) is 12.8. The third-order valence-corrected chi connectivity index (χ3v) is 3.53. The van der Waals surface area contributed by atoms with Crippen molar-refractivity contribution in [3.63, 3.8) is 0 Å². The van der Waals surface area contributed by atoms with E-state index in [2.05, 4.69) is 5.32 Å². The van der Waals surface area contributed by atoms with Crippen molar-refractivity contribution in [2.24, 2.45) is 0 Å². The van der Waals surface area contributed by atoms with Crippen molar-refractivity contribution < 1.29 is 14.5 Å². The highest BCUT2D eigenvalue weighted by Crippen LogP contribution is 2.23. The lowest BCUT2D eigenvalue weighted by Crippen LogP contribution is -2.48. The zero-order valence-electron chi connectivity index (χ0n) is 12.8. The molecule has 1 heterocycles. The molecule has 1 fully saturated rings. The highest BCUT2D eigenvalue weighted by Gasteiger charge is 2.25. The summed E-state index contributed by atoms with van der Waals surface area (Å²) in [6, 6.07) is 6.42. The summed E-state index contributed by atoms with van der Waals surface area (Å²) in [6.07, 6.45) is 0.373. The molecule has 2 rings (SSSR count). The minimum absolute atomic E-state index is 0.0172. The van der Waals surface area contributed by atoms with E-state index in [9.17, 15) is 14.9 Å². The Balaban J connectivity index is 1.86. The van der Waals surface area contributed by atoms with Gasteiger partial charge in [-0.1, -0.05) is 12.1 Å². The lowest BCUT2D eigenvalue weighted by molar-refractivity contribution is -0.384. The molecule has 22 heavy (non-hydrogen) atoms. The van der Waals surface area contributed by atoms with Gasteiger partial charge in [0.15, 0.2) is 0 Å². The second-order valence-corrected chi connectivity index (χ2v) is 5.51. The standard InChI is InChI=1S/C15H21N3O4/c1-11-9-17(10-12(2)22-11)15(19)7-8-16-13-5-3-4-6-14(13)18(20)21/h3-6,11-12,16H,7-10H2,1-2H3/t11-,12+. The number of carbonyl (C=O) groups excluding carboxylic acids is 1. The number of nitro groups is 1. The largest absolute Gasteiger partial charge is 0.379 e. The van der Waals surface area contributed by atoms with Gasteiger partial charge >= 0.3 is 0 Å². The summed E-state index contributed by atoms with van der Waals surface area (Å²) in [5.41, 5.74) is 0.451. The van der Waals surface area contributed by atoms with E-state index in [-0.39, 0.29) is 23.8 Å². The fourth-order valence-electron chi connectivity index (χ4n) is 2.63. The van der Waals surface area contributed by atoms with Crippen molar-refractivity contribution in [2.75, 3.05) is 25.0 Å². The molecule has 1 aliphatic rings. The summed E-state index contributed by atoms with van der Waals surface area (Å²) >= 11 is 0. The van der Waals surface area contributed by atoms with Crippen molar-refractivity contribution in [2.45, 2.75) is 32.5 Å². The molecule has 1 amide bonds. The maximum atomic E-state index is 12.2. The van der Waals surface area contributed by atoms with Gasteiger partial charge in [-0.15, -0.1) is 0 Å². The maximum Gasteiger partial charge on any atom is 0.292 e.